The molecule has 2 amide bonds. The lowest BCUT2D eigenvalue weighted by molar-refractivity contribution is -0.125. The SMILES string of the molecule is O=C(NC[C@H]1CCCO1)[C@@H]1CS[C@H]2c3ccccc3C(=O)N12. The third-order valence-corrected chi connectivity index (χ3v) is 5.83. The van der Waals surface area contributed by atoms with Gasteiger partial charge in [-0.05, 0) is 24.5 Å². The summed E-state index contributed by atoms with van der Waals surface area (Å²) < 4.78 is 5.52. The molecule has 0 radical (unpaired) electrons. The topological polar surface area (TPSA) is 58.6 Å². The van der Waals surface area contributed by atoms with Gasteiger partial charge in [0, 0.05) is 24.5 Å². The molecular formula is C16H18N2O3S. The smallest absolute Gasteiger partial charge is 0.256 e. The van der Waals surface area contributed by atoms with Crippen molar-refractivity contribution < 1.29 is 14.3 Å². The molecule has 4 rings (SSSR count). The van der Waals surface area contributed by atoms with Crippen LogP contribution in [0.15, 0.2) is 24.3 Å². The summed E-state index contributed by atoms with van der Waals surface area (Å²) in [5.41, 5.74) is 1.77. The van der Waals surface area contributed by atoms with Gasteiger partial charge >= 0.3 is 0 Å². The quantitative estimate of drug-likeness (QED) is 0.919. The maximum atomic E-state index is 12.6. The maximum Gasteiger partial charge on any atom is 0.256 e. The largest absolute Gasteiger partial charge is 0.376 e. The number of amides is 2. The normalized spacial score (nSPS) is 29.5. The van der Waals surface area contributed by atoms with Gasteiger partial charge in [0.1, 0.15) is 11.4 Å². The highest BCUT2D eigenvalue weighted by molar-refractivity contribution is 7.99. The standard InChI is InChI=1S/C16H18N2O3S/c19-14(17-8-10-4-3-7-21-10)13-9-22-16-12-6-2-1-5-11(12)15(20)18(13)16/h1-2,5-6,10,13,16H,3-4,7-9H2,(H,17,19)/t10-,13+,16+/m1/s1. The minimum atomic E-state index is -0.378. The van der Waals surface area contributed by atoms with Gasteiger partial charge in [-0.25, -0.2) is 0 Å². The summed E-state index contributed by atoms with van der Waals surface area (Å²) in [5, 5.41) is 2.94. The van der Waals surface area contributed by atoms with Crippen LogP contribution in [0, 0.1) is 0 Å². The lowest BCUT2D eigenvalue weighted by atomic mass is 10.1. The van der Waals surface area contributed by atoms with Crippen LogP contribution in [-0.2, 0) is 9.53 Å². The van der Waals surface area contributed by atoms with Crippen molar-refractivity contribution in [2.45, 2.75) is 30.4 Å². The fourth-order valence-electron chi connectivity index (χ4n) is 3.38. The summed E-state index contributed by atoms with van der Waals surface area (Å²) in [7, 11) is 0. The number of hydrogen-bond donors (Lipinski definition) is 1. The van der Waals surface area contributed by atoms with Crippen LogP contribution < -0.4 is 5.32 Å². The van der Waals surface area contributed by atoms with Gasteiger partial charge in [-0.1, -0.05) is 18.2 Å². The van der Waals surface area contributed by atoms with Crippen LogP contribution in [0.3, 0.4) is 0 Å². The van der Waals surface area contributed by atoms with E-state index < -0.39 is 0 Å². The molecule has 3 heterocycles. The molecule has 5 nitrogen and oxygen atoms in total. The van der Waals surface area contributed by atoms with Gasteiger partial charge < -0.3 is 15.0 Å². The number of nitrogens with zero attached hydrogens (tertiary/aromatic N) is 1. The number of fused-ring (bicyclic) bond motifs is 3. The molecule has 2 saturated heterocycles. The van der Waals surface area contributed by atoms with E-state index in [0.29, 0.717) is 12.3 Å². The first-order valence-electron chi connectivity index (χ1n) is 7.68. The Morgan fingerprint density at radius 3 is 3.09 bits per heavy atom. The average Bonchev–Trinajstić information content (AvgIpc) is 3.25. The molecule has 0 spiro atoms. The molecule has 0 aromatic heterocycles. The number of hydrogen-bond acceptors (Lipinski definition) is 4. The van der Waals surface area contributed by atoms with E-state index in [4.69, 9.17) is 4.74 Å². The highest BCUT2D eigenvalue weighted by Crippen LogP contribution is 2.47. The molecule has 0 unspecified atom stereocenters. The zero-order chi connectivity index (χ0) is 15.1. The molecule has 3 atom stereocenters. The van der Waals surface area contributed by atoms with Crippen LogP contribution in [0.4, 0.5) is 0 Å². The predicted octanol–water partition coefficient (Wildman–Crippen LogP) is 1.55. The van der Waals surface area contributed by atoms with Crippen molar-refractivity contribution in [2.24, 2.45) is 0 Å². The summed E-state index contributed by atoms with van der Waals surface area (Å²) in [5.74, 6) is 0.566. The van der Waals surface area contributed by atoms with Crippen molar-refractivity contribution in [2.75, 3.05) is 18.9 Å². The molecule has 3 aliphatic rings. The van der Waals surface area contributed by atoms with Crippen LogP contribution in [0.2, 0.25) is 0 Å². The Labute approximate surface area is 133 Å². The molecule has 1 aromatic rings. The highest BCUT2D eigenvalue weighted by atomic mass is 32.2. The van der Waals surface area contributed by atoms with E-state index in [2.05, 4.69) is 5.32 Å². The molecule has 0 bridgehead atoms. The van der Waals surface area contributed by atoms with E-state index >= 15 is 0 Å². The first-order valence-corrected chi connectivity index (χ1v) is 8.73. The molecule has 0 saturated carbocycles. The predicted molar refractivity (Wildman–Crippen MR) is 83.6 cm³/mol. The third-order valence-electron chi connectivity index (χ3n) is 4.52. The zero-order valence-corrected chi connectivity index (χ0v) is 13.0. The van der Waals surface area contributed by atoms with Gasteiger partial charge in [0.2, 0.25) is 5.91 Å². The molecule has 1 aromatic carbocycles. The van der Waals surface area contributed by atoms with Gasteiger partial charge in [-0.2, -0.15) is 0 Å². The lowest BCUT2D eigenvalue weighted by Crippen LogP contribution is -2.47. The van der Waals surface area contributed by atoms with E-state index in [1.54, 1.807) is 16.7 Å². The number of ether oxygens (including phenoxy) is 1. The molecule has 3 aliphatic heterocycles. The summed E-state index contributed by atoms with van der Waals surface area (Å²) >= 11 is 1.67. The molecule has 1 N–H and O–H groups in total. The first kappa shape index (κ1) is 14.1. The number of nitrogens with one attached hydrogen (secondary N) is 1. The van der Waals surface area contributed by atoms with Crippen molar-refractivity contribution in [3.63, 3.8) is 0 Å². The van der Waals surface area contributed by atoms with Crippen molar-refractivity contribution >= 4 is 23.6 Å². The Bertz CT molecular complexity index is 615. The molecule has 2 fully saturated rings. The summed E-state index contributed by atoms with van der Waals surface area (Å²) in [6.07, 6.45) is 2.18. The Kier molecular flexibility index (Phi) is 3.58. The van der Waals surface area contributed by atoms with Gasteiger partial charge in [0.25, 0.3) is 5.91 Å². The van der Waals surface area contributed by atoms with Crippen molar-refractivity contribution in [3.8, 4) is 0 Å². The number of carbonyl (C=O) groups is 2. The number of thioether (sulfide) groups is 1. The van der Waals surface area contributed by atoms with Crippen molar-refractivity contribution in [1.82, 2.24) is 10.2 Å². The Hall–Kier alpha value is -1.53. The van der Waals surface area contributed by atoms with E-state index in [0.717, 1.165) is 30.6 Å². The first-order chi connectivity index (χ1) is 10.8. The van der Waals surface area contributed by atoms with Crippen LogP contribution in [0.5, 0.6) is 0 Å². The van der Waals surface area contributed by atoms with E-state index in [9.17, 15) is 9.59 Å². The fourth-order valence-corrected chi connectivity index (χ4v) is 4.84. The number of carbonyl (C=O) groups excluding carboxylic acids is 2. The molecule has 0 aliphatic carbocycles. The zero-order valence-electron chi connectivity index (χ0n) is 12.2. The van der Waals surface area contributed by atoms with Crippen molar-refractivity contribution in [3.05, 3.63) is 35.4 Å². The second kappa shape index (κ2) is 5.59. The second-order valence-electron chi connectivity index (χ2n) is 5.88. The molecule has 6 heteroatoms. The minimum Gasteiger partial charge on any atom is -0.376 e. The van der Waals surface area contributed by atoms with Crippen LogP contribution >= 0.6 is 11.8 Å². The fraction of sp³-hybridized carbons (Fsp3) is 0.500. The van der Waals surface area contributed by atoms with E-state index in [1.165, 1.54) is 0 Å². The monoisotopic (exact) mass is 318 g/mol. The summed E-state index contributed by atoms with van der Waals surface area (Å²) in [4.78, 5) is 26.8. The number of benzene rings is 1. The average molecular weight is 318 g/mol. The minimum absolute atomic E-state index is 0.0119. The number of rotatable bonds is 3. The van der Waals surface area contributed by atoms with Gasteiger partial charge in [0.05, 0.1) is 6.10 Å². The van der Waals surface area contributed by atoms with Gasteiger partial charge in [-0.3, -0.25) is 9.59 Å². The second-order valence-corrected chi connectivity index (χ2v) is 6.99. The van der Waals surface area contributed by atoms with Crippen LogP contribution in [0.1, 0.15) is 34.1 Å². The maximum absolute atomic E-state index is 12.6. The Balaban J connectivity index is 1.46. The lowest BCUT2D eigenvalue weighted by Gasteiger charge is -2.23. The third kappa shape index (κ3) is 2.21. The highest BCUT2D eigenvalue weighted by Gasteiger charge is 2.48. The van der Waals surface area contributed by atoms with E-state index in [-0.39, 0.29) is 29.3 Å². The van der Waals surface area contributed by atoms with E-state index in [1.807, 2.05) is 24.3 Å². The molecule has 116 valence electrons. The van der Waals surface area contributed by atoms with Crippen LogP contribution in [0.25, 0.3) is 0 Å². The Morgan fingerprint density at radius 2 is 2.27 bits per heavy atom. The van der Waals surface area contributed by atoms with Gasteiger partial charge in [-0.15, -0.1) is 11.8 Å². The summed E-state index contributed by atoms with van der Waals surface area (Å²) in [6, 6.07) is 7.27. The van der Waals surface area contributed by atoms with Crippen molar-refractivity contribution in [1.29, 1.82) is 0 Å². The Morgan fingerprint density at radius 1 is 1.41 bits per heavy atom. The molecular weight excluding hydrogens is 300 g/mol. The van der Waals surface area contributed by atoms with Crippen LogP contribution in [-0.4, -0.2) is 47.8 Å². The molecule has 22 heavy (non-hydrogen) atoms. The summed E-state index contributed by atoms with van der Waals surface area (Å²) in [6.45, 7) is 1.32. The van der Waals surface area contributed by atoms with Gasteiger partial charge in [0.15, 0.2) is 0 Å².